The van der Waals surface area contributed by atoms with E-state index in [0.717, 1.165) is 35.0 Å². The van der Waals surface area contributed by atoms with Crippen LogP contribution in [0.25, 0.3) is 0 Å². The average molecular weight is 667 g/mol. The van der Waals surface area contributed by atoms with E-state index < -0.39 is 72.1 Å². The predicted octanol–water partition coefficient (Wildman–Crippen LogP) is 3.38. The number of halogens is 4. The van der Waals surface area contributed by atoms with Crippen LogP contribution >= 0.6 is 15.9 Å². The molecule has 0 unspecified atom stereocenters. The summed E-state index contributed by atoms with van der Waals surface area (Å²) in [5.74, 6) is -0.786. The van der Waals surface area contributed by atoms with Crippen LogP contribution in [0.3, 0.4) is 0 Å². The molecule has 0 aromatic heterocycles. The van der Waals surface area contributed by atoms with Crippen molar-refractivity contribution in [1.82, 2.24) is 0 Å². The summed E-state index contributed by atoms with van der Waals surface area (Å²) in [5, 5.41) is 0. The highest BCUT2D eigenvalue weighted by molar-refractivity contribution is 9.10. The molecule has 0 radical (unpaired) electrons. The van der Waals surface area contributed by atoms with Crippen LogP contribution in [0.4, 0.5) is 18.9 Å². The first kappa shape index (κ1) is 30.6. The Morgan fingerprint density at radius 1 is 1.00 bits per heavy atom. The van der Waals surface area contributed by atoms with E-state index in [4.69, 9.17) is 13.1 Å². The minimum atomic E-state index is -4.77. The monoisotopic (exact) mass is 665 g/mol. The second-order valence-electron chi connectivity index (χ2n) is 8.49. The van der Waals surface area contributed by atoms with Gasteiger partial charge in [0.15, 0.2) is 0 Å². The fraction of sp³-hybridized carbons (Fsp3) is 0.429. The highest BCUT2D eigenvalue weighted by Crippen LogP contribution is 2.40. The molecule has 2 aromatic rings. The van der Waals surface area contributed by atoms with Crippen LogP contribution in [0.2, 0.25) is 0 Å². The maximum Gasteiger partial charge on any atom is 0.416 e. The van der Waals surface area contributed by atoms with E-state index in [1.165, 1.54) is 12.1 Å². The number of alkyl halides is 3. The zero-order valence-electron chi connectivity index (χ0n) is 19.9. The van der Waals surface area contributed by atoms with Crippen molar-refractivity contribution in [1.29, 1.82) is 0 Å². The van der Waals surface area contributed by atoms with E-state index in [-0.39, 0.29) is 24.4 Å². The molecule has 1 aliphatic rings. The van der Waals surface area contributed by atoms with Crippen molar-refractivity contribution in [3.05, 3.63) is 52.5 Å². The van der Waals surface area contributed by atoms with Gasteiger partial charge in [-0.15, -0.1) is 0 Å². The Balaban J connectivity index is 1.97. The summed E-state index contributed by atoms with van der Waals surface area (Å²) in [4.78, 5) is -0.601. The van der Waals surface area contributed by atoms with Gasteiger partial charge in [0.05, 0.1) is 48.4 Å². The van der Waals surface area contributed by atoms with Crippen LogP contribution in [0.1, 0.15) is 12.0 Å². The zero-order valence-corrected chi connectivity index (χ0v) is 23.9. The van der Waals surface area contributed by atoms with Crippen molar-refractivity contribution in [3.8, 4) is 5.75 Å². The highest BCUT2D eigenvalue weighted by Gasteiger charge is 2.38. The second-order valence-corrected chi connectivity index (χ2v) is 14.6. The number of benzene rings is 2. The number of hydrogen-bond acceptors (Lipinski definition) is 9. The lowest BCUT2D eigenvalue weighted by atomic mass is 10.0. The smallest absolute Gasteiger partial charge is 0.416 e. The zero-order chi connectivity index (χ0) is 28.5. The quantitative estimate of drug-likeness (QED) is 0.350. The molecule has 1 aliphatic heterocycles. The van der Waals surface area contributed by atoms with Gasteiger partial charge in [0.2, 0.25) is 0 Å². The number of anilines is 1. The number of hydrogen-bond donors (Lipinski definition) is 0. The van der Waals surface area contributed by atoms with E-state index in [1.54, 1.807) is 6.07 Å². The lowest BCUT2D eigenvalue weighted by Crippen LogP contribution is -2.45. The Labute approximate surface area is 227 Å². The molecule has 0 amide bonds. The standard InChI is InChI=1S/C21H23BrF3NO9S3/c1-36(27,28)33-12-14(13-34-37(2,29)30)8-17-11-26(19-10-16(22)6-7-20(19)35-17)38(31,32)18-5-3-4-15(9-18)21(23,24)25/h3-7,9-10,14,17H,8,11-13H2,1-2H3/t17-/m0/s1. The fourth-order valence-electron chi connectivity index (χ4n) is 3.59. The van der Waals surface area contributed by atoms with Gasteiger partial charge in [-0.1, -0.05) is 22.0 Å². The molecule has 10 nitrogen and oxygen atoms in total. The molecular formula is C21H23BrF3NO9S3. The largest absolute Gasteiger partial charge is 0.486 e. The molecule has 38 heavy (non-hydrogen) atoms. The highest BCUT2D eigenvalue weighted by atomic mass is 79.9. The van der Waals surface area contributed by atoms with Crippen molar-refractivity contribution in [2.75, 3.05) is 36.6 Å². The minimum absolute atomic E-state index is 0.0596. The third-order valence-electron chi connectivity index (χ3n) is 5.23. The Morgan fingerprint density at radius 2 is 1.61 bits per heavy atom. The SMILES string of the molecule is CS(=O)(=O)OCC(COS(C)(=O)=O)C[C@H]1CN(S(=O)(=O)c2cccc(C(F)(F)F)c2)c2cc(Br)ccc2O1. The maximum atomic E-state index is 13.6. The molecule has 0 spiro atoms. The minimum Gasteiger partial charge on any atom is -0.486 e. The first-order chi connectivity index (χ1) is 17.3. The summed E-state index contributed by atoms with van der Waals surface area (Å²) in [6.45, 7) is -1.35. The third kappa shape index (κ3) is 8.29. The van der Waals surface area contributed by atoms with Gasteiger partial charge < -0.3 is 4.74 Å². The van der Waals surface area contributed by atoms with Crippen LogP contribution in [0.5, 0.6) is 5.75 Å². The summed E-state index contributed by atoms with van der Waals surface area (Å²) in [6, 6.07) is 7.74. The summed E-state index contributed by atoms with van der Waals surface area (Å²) in [5.41, 5.74) is -1.09. The van der Waals surface area contributed by atoms with Gasteiger partial charge in [0.25, 0.3) is 30.3 Å². The van der Waals surface area contributed by atoms with E-state index >= 15 is 0 Å². The Bertz CT molecular complexity index is 1460. The molecule has 17 heteroatoms. The molecule has 2 aromatic carbocycles. The number of ether oxygens (including phenoxy) is 1. The van der Waals surface area contributed by atoms with Crippen molar-refractivity contribution in [3.63, 3.8) is 0 Å². The lowest BCUT2D eigenvalue weighted by Gasteiger charge is -2.36. The normalized spacial score (nSPS) is 16.8. The molecule has 0 aliphatic carbocycles. The molecule has 212 valence electrons. The van der Waals surface area contributed by atoms with E-state index in [0.29, 0.717) is 10.5 Å². The maximum absolute atomic E-state index is 13.6. The average Bonchev–Trinajstić information content (AvgIpc) is 2.79. The second kappa shape index (κ2) is 11.3. The fourth-order valence-corrected chi connectivity index (χ4v) is 6.36. The molecule has 0 N–H and O–H groups in total. The predicted molar refractivity (Wildman–Crippen MR) is 134 cm³/mol. The summed E-state index contributed by atoms with van der Waals surface area (Å²) < 4.78 is 130. The first-order valence-corrected chi connectivity index (χ1v) is 16.6. The van der Waals surface area contributed by atoms with Gasteiger partial charge in [0.1, 0.15) is 11.9 Å². The number of rotatable bonds is 10. The van der Waals surface area contributed by atoms with Crippen molar-refractivity contribution in [2.24, 2.45) is 5.92 Å². The Morgan fingerprint density at radius 3 is 2.16 bits per heavy atom. The first-order valence-electron chi connectivity index (χ1n) is 10.7. The van der Waals surface area contributed by atoms with Crippen molar-refractivity contribution in [2.45, 2.75) is 23.6 Å². The molecule has 0 saturated heterocycles. The van der Waals surface area contributed by atoms with Crippen LogP contribution < -0.4 is 9.04 Å². The summed E-state index contributed by atoms with van der Waals surface area (Å²) >= 11 is 3.24. The van der Waals surface area contributed by atoms with Crippen molar-refractivity contribution < 1.29 is 51.5 Å². The Hall–Kier alpha value is -1.92. The molecular weight excluding hydrogens is 643 g/mol. The van der Waals surface area contributed by atoms with E-state index in [2.05, 4.69) is 15.9 Å². The van der Waals surface area contributed by atoms with Gasteiger partial charge in [-0.25, -0.2) is 8.42 Å². The molecule has 0 fully saturated rings. The van der Waals surface area contributed by atoms with Gasteiger partial charge in [-0.05, 0) is 42.8 Å². The molecule has 3 rings (SSSR count). The molecule has 0 bridgehead atoms. The number of sulfonamides is 1. The van der Waals surface area contributed by atoms with E-state index in [9.17, 15) is 38.4 Å². The molecule has 1 atom stereocenters. The van der Waals surface area contributed by atoms with E-state index in [1.807, 2.05) is 0 Å². The molecule has 1 heterocycles. The van der Waals surface area contributed by atoms with Crippen LogP contribution in [-0.2, 0) is 44.8 Å². The number of nitrogens with zero attached hydrogens (tertiary/aromatic N) is 1. The topological polar surface area (TPSA) is 133 Å². The van der Waals surface area contributed by atoms with Crippen LogP contribution in [0.15, 0.2) is 51.8 Å². The summed E-state index contributed by atoms with van der Waals surface area (Å²) in [7, 11) is -12.3. The van der Waals surface area contributed by atoms with Gasteiger partial charge in [-0.2, -0.15) is 30.0 Å². The van der Waals surface area contributed by atoms with Gasteiger partial charge >= 0.3 is 6.18 Å². The lowest BCUT2D eigenvalue weighted by molar-refractivity contribution is -0.137. The van der Waals surface area contributed by atoms with Gasteiger partial charge in [-0.3, -0.25) is 12.7 Å². The molecule has 0 saturated carbocycles. The van der Waals surface area contributed by atoms with Crippen molar-refractivity contribution >= 4 is 51.9 Å². The van der Waals surface area contributed by atoms with Gasteiger partial charge in [0, 0.05) is 10.4 Å². The third-order valence-corrected chi connectivity index (χ3v) is 8.63. The van der Waals surface area contributed by atoms with Crippen LogP contribution in [-0.4, -0.2) is 63.6 Å². The Kier molecular flexibility index (Phi) is 9.10. The van der Waals surface area contributed by atoms with Crippen LogP contribution in [0, 0.1) is 5.92 Å². The number of fused-ring (bicyclic) bond motifs is 1. The summed E-state index contributed by atoms with van der Waals surface area (Å²) in [6.07, 6.45) is -4.26.